The Morgan fingerprint density at radius 3 is 2.30 bits per heavy atom. The Morgan fingerprint density at radius 2 is 1.73 bits per heavy atom. The molecule has 2 aromatic rings. The molecule has 0 bridgehead atoms. The van der Waals surface area contributed by atoms with Crippen LogP contribution in [0.5, 0.6) is 5.75 Å². The molecule has 2 aromatic carbocycles. The highest BCUT2D eigenvalue weighted by Crippen LogP contribution is 2.38. The molecule has 1 heterocycles. The Kier molecular flexibility index (Phi) is 6.90. The fraction of sp³-hybridized carbons (Fsp3) is 0.333. The number of piperazine rings is 1. The van der Waals surface area contributed by atoms with Crippen LogP contribution in [0, 0.1) is 11.3 Å². The minimum Gasteiger partial charge on any atom is -0.497 e. The van der Waals surface area contributed by atoms with Crippen molar-refractivity contribution in [3.8, 4) is 11.8 Å². The zero-order valence-corrected chi connectivity index (χ0v) is 17.0. The summed E-state index contributed by atoms with van der Waals surface area (Å²) in [7, 11) is 1.57. The summed E-state index contributed by atoms with van der Waals surface area (Å²) >= 11 is -0.282. The van der Waals surface area contributed by atoms with Gasteiger partial charge in [0.25, 0.3) is 5.91 Å². The lowest BCUT2D eigenvalue weighted by atomic mass is 10.1. The molecule has 0 aromatic heterocycles. The van der Waals surface area contributed by atoms with E-state index in [4.69, 9.17) is 4.74 Å². The zero-order chi connectivity index (χ0) is 21.7. The van der Waals surface area contributed by atoms with Crippen molar-refractivity contribution in [3.05, 3.63) is 59.7 Å². The van der Waals surface area contributed by atoms with E-state index in [1.807, 2.05) is 17.0 Å². The summed E-state index contributed by atoms with van der Waals surface area (Å²) in [5.74, 6) is 0.265. The van der Waals surface area contributed by atoms with Gasteiger partial charge in [0.2, 0.25) is 0 Å². The molecule has 1 aliphatic heterocycles. The Hall–Kier alpha value is -2.70. The van der Waals surface area contributed by atoms with Crippen LogP contribution < -0.4 is 4.74 Å². The number of alkyl halides is 3. The standard InChI is InChI=1S/C21H20F3N3O2S/c1-29-16-8-6-15(7-9-16)18(14-25)26-10-12-27(13-11-26)20(28)17-4-2-3-5-19(17)30-21(22,23)24/h2-9,18H,10-13H2,1H3. The number of nitrogens with zero attached hydrogens (tertiary/aromatic N) is 3. The van der Waals surface area contributed by atoms with Crippen LogP contribution in [0.15, 0.2) is 53.4 Å². The van der Waals surface area contributed by atoms with Crippen LogP contribution in [0.2, 0.25) is 0 Å². The zero-order valence-electron chi connectivity index (χ0n) is 16.2. The first kappa shape index (κ1) is 22.0. The fourth-order valence-electron chi connectivity index (χ4n) is 3.36. The van der Waals surface area contributed by atoms with Gasteiger partial charge in [-0.05, 0) is 41.6 Å². The second-order valence-electron chi connectivity index (χ2n) is 6.68. The average molecular weight is 435 g/mol. The van der Waals surface area contributed by atoms with Gasteiger partial charge in [0.15, 0.2) is 0 Å². The number of carbonyl (C=O) groups is 1. The molecule has 158 valence electrons. The molecular weight excluding hydrogens is 415 g/mol. The van der Waals surface area contributed by atoms with Gasteiger partial charge in [0.05, 0.1) is 18.7 Å². The number of hydrogen-bond donors (Lipinski definition) is 0. The summed E-state index contributed by atoms with van der Waals surface area (Å²) < 4.78 is 43.6. The Bertz CT molecular complexity index is 920. The van der Waals surface area contributed by atoms with Crippen LogP contribution in [0.3, 0.4) is 0 Å². The Morgan fingerprint density at radius 1 is 1.10 bits per heavy atom. The van der Waals surface area contributed by atoms with Gasteiger partial charge >= 0.3 is 5.51 Å². The fourth-order valence-corrected chi connectivity index (χ4v) is 4.03. The van der Waals surface area contributed by atoms with Crippen molar-refractivity contribution in [1.29, 1.82) is 5.26 Å². The molecule has 1 unspecified atom stereocenters. The third-order valence-electron chi connectivity index (χ3n) is 4.86. The smallest absolute Gasteiger partial charge is 0.446 e. The van der Waals surface area contributed by atoms with Crippen LogP contribution in [0.1, 0.15) is 22.0 Å². The third-order valence-corrected chi connectivity index (χ3v) is 5.67. The summed E-state index contributed by atoms with van der Waals surface area (Å²) in [5, 5.41) is 9.64. The summed E-state index contributed by atoms with van der Waals surface area (Å²) in [6.07, 6.45) is 0. The number of thioether (sulfide) groups is 1. The van der Waals surface area contributed by atoms with Crippen molar-refractivity contribution >= 4 is 17.7 Å². The lowest BCUT2D eigenvalue weighted by molar-refractivity contribution is -0.0328. The van der Waals surface area contributed by atoms with Crippen LogP contribution in [-0.4, -0.2) is 54.5 Å². The van der Waals surface area contributed by atoms with Crippen molar-refractivity contribution in [2.75, 3.05) is 33.3 Å². The van der Waals surface area contributed by atoms with Gasteiger partial charge in [-0.1, -0.05) is 24.3 Å². The van der Waals surface area contributed by atoms with Gasteiger partial charge in [0.1, 0.15) is 11.8 Å². The first-order chi connectivity index (χ1) is 14.3. The average Bonchev–Trinajstić information content (AvgIpc) is 2.74. The van der Waals surface area contributed by atoms with Crippen LogP contribution in [0.4, 0.5) is 13.2 Å². The largest absolute Gasteiger partial charge is 0.497 e. The Balaban J connectivity index is 1.68. The van der Waals surface area contributed by atoms with E-state index in [0.717, 1.165) is 5.56 Å². The second kappa shape index (κ2) is 9.41. The van der Waals surface area contributed by atoms with Gasteiger partial charge in [-0.2, -0.15) is 18.4 Å². The molecule has 1 aliphatic rings. The lowest BCUT2D eigenvalue weighted by Gasteiger charge is -2.37. The quantitative estimate of drug-likeness (QED) is 0.655. The second-order valence-corrected chi connectivity index (χ2v) is 7.78. The number of ether oxygens (including phenoxy) is 1. The molecule has 5 nitrogen and oxygen atoms in total. The topological polar surface area (TPSA) is 56.6 Å². The maximum Gasteiger partial charge on any atom is 0.446 e. The lowest BCUT2D eigenvalue weighted by Crippen LogP contribution is -2.49. The molecule has 0 N–H and O–H groups in total. The predicted molar refractivity (Wildman–Crippen MR) is 107 cm³/mol. The van der Waals surface area contributed by atoms with E-state index in [1.165, 1.54) is 23.1 Å². The first-order valence-corrected chi connectivity index (χ1v) is 10.1. The van der Waals surface area contributed by atoms with Crippen molar-refractivity contribution in [2.45, 2.75) is 16.4 Å². The molecule has 9 heteroatoms. The van der Waals surface area contributed by atoms with E-state index in [0.29, 0.717) is 31.9 Å². The minimum absolute atomic E-state index is 0.0419. The van der Waals surface area contributed by atoms with Gasteiger partial charge < -0.3 is 9.64 Å². The van der Waals surface area contributed by atoms with Gasteiger partial charge in [0, 0.05) is 31.1 Å². The number of carbonyl (C=O) groups excluding carboxylic acids is 1. The number of methoxy groups -OCH3 is 1. The molecule has 3 rings (SSSR count). The minimum atomic E-state index is -4.46. The predicted octanol–water partition coefficient (Wildman–Crippen LogP) is 4.33. The van der Waals surface area contributed by atoms with Crippen molar-refractivity contribution < 1.29 is 22.7 Å². The summed E-state index contributed by atoms with van der Waals surface area (Å²) in [6, 6.07) is 14.8. The third kappa shape index (κ3) is 5.26. The van der Waals surface area contributed by atoms with E-state index >= 15 is 0 Å². The van der Waals surface area contributed by atoms with Crippen LogP contribution >= 0.6 is 11.8 Å². The molecule has 1 atom stereocenters. The highest BCUT2D eigenvalue weighted by atomic mass is 32.2. The molecule has 0 aliphatic carbocycles. The molecule has 0 spiro atoms. The van der Waals surface area contributed by atoms with E-state index in [2.05, 4.69) is 6.07 Å². The Labute approximate surface area is 177 Å². The van der Waals surface area contributed by atoms with Crippen LogP contribution in [0.25, 0.3) is 0 Å². The normalized spacial score (nSPS) is 16.0. The van der Waals surface area contributed by atoms with Crippen molar-refractivity contribution in [2.24, 2.45) is 0 Å². The summed E-state index contributed by atoms with van der Waals surface area (Å²) in [4.78, 5) is 16.2. The summed E-state index contributed by atoms with van der Waals surface area (Å²) in [5.41, 5.74) is -3.60. The maximum absolute atomic E-state index is 12.8. The molecule has 0 saturated carbocycles. The van der Waals surface area contributed by atoms with Gasteiger partial charge in [-0.3, -0.25) is 9.69 Å². The van der Waals surface area contributed by atoms with Gasteiger partial charge in [-0.25, -0.2) is 0 Å². The van der Waals surface area contributed by atoms with Crippen molar-refractivity contribution in [3.63, 3.8) is 0 Å². The monoisotopic (exact) mass is 435 g/mol. The number of amides is 1. The van der Waals surface area contributed by atoms with Crippen LogP contribution in [-0.2, 0) is 0 Å². The highest BCUT2D eigenvalue weighted by Gasteiger charge is 2.33. The molecule has 1 fully saturated rings. The van der Waals surface area contributed by atoms with E-state index in [1.54, 1.807) is 25.3 Å². The molecule has 0 radical (unpaired) electrons. The van der Waals surface area contributed by atoms with E-state index in [-0.39, 0.29) is 22.2 Å². The summed E-state index contributed by atoms with van der Waals surface area (Å²) in [6.45, 7) is 1.56. The SMILES string of the molecule is COc1ccc(C(C#N)N2CCN(C(=O)c3ccccc3SC(F)(F)F)CC2)cc1. The molecule has 1 saturated heterocycles. The molecular formula is C21H20F3N3O2S. The number of benzene rings is 2. The number of rotatable bonds is 5. The number of nitriles is 1. The van der Waals surface area contributed by atoms with Crippen molar-refractivity contribution in [1.82, 2.24) is 9.80 Å². The molecule has 1 amide bonds. The number of halogens is 3. The number of hydrogen-bond acceptors (Lipinski definition) is 5. The highest BCUT2D eigenvalue weighted by molar-refractivity contribution is 8.00. The van der Waals surface area contributed by atoms with E-state index < -0.39 is 17.5 Å². The molecule has 30 heavy (non-hydrogen) atoms. The first-order valence-electron chi connectivity index (χ1n) is 9.24. The van der Waals surface area contributed by atoms with E-state index in [9.17, 15) is 23.2 Å². The van der Waals surface area contributed by atoms with Gasteiger partial charge in [-0.15, -0.1) is 0 Å². The maximum atomic E-state index is 12.8.